The summed E-state index contributed by atoms with van der Waals surface area (Å²) in [5.74, 6) is 1.65. The first-order valence-corrected chi connectivity index (χ1v) is 12.0. The first kappa shape index (κ1) is 22.5. The van der Waals surface area contributed by atoms with Crippen molar-refractivity contribution < 1.29 is 4.74 Å². The molecule has 1 aromatic heterocycles. The molecule has 5 aromatic rings. The number of benzene rings is 4. The van der Waals surface area contributed by atoms with Gasteiger partial charge in [0.05, 0.1) is 12.3 Å². The zero-order chi connectivity index (χ0) is 23.9. The van der Waals surface area contributed by atoms with Gasteiger partial charge in [-0.2, -0.15) is 4.68 Å². The monoisotopic (exact) mass is 460 g/mol. The molecule has 0 bridgehead atoms. The third-order valence-electron chi connectivity index (χ3n) is 6.48. The summed E-state index contributed by atoms with van der Waals surface area (Å²) in [4.78, 5) is 0. The molecule has 0 saturated carbocycles. The van der Waals surface area contributed by atoms with E-state index >= 15 is 0 Å². The summed E-state index contributed by atoms with van der Waals surface area (Å²) in [6, 6.07) is 40.1. The van der Waals surface area contributed by atoms with E-state index in [2.05, 4.69) is 107 Å². The average molecular weight is 461 g/mol. The van der Waals surface area contributed by atoms with Crippen molar-refractivity contribution >= 4 is 0 Å². The molecular formula is C30H28N4O. The minimum Gasteiger partial charge on any atom is -0.494 e. The van der Waals surface area contributed by atoms with E-state index in [1.807, 2.05) is 31.2 Å². The summed E-state index contributed by atoms with van der Waals surface area (Å²) in [5.41, 5.74) is 4.35. The third kappa shape index (κ3) is 4.58. The maximum atomic E-state index is 6.29. The van der Waals surface area contributed by atoms with E-state index in [0.29, 0.717) is 6.61 Å². The van der Waals surface area contributed by atoms with Crippen molar-refractivity contribution in [1.29, 1.82) is 0 Å². The van der Waals surface area contributed by atoms with Crippen molar-refractivity contribution in [2.24, 2.45) is 0 Å². The summed E-state index contributed by atoms with van der Waals surface area (Å²) in [6.07, 6.45) is 1.56. The Morgan fingerprint density at radius 1 is 0.686 bits per heavy atom. The molecule has 174 valence electrons. The Balaban J connectivity index is 1.44. The van der Waals surface area contributed by atoms with Gasteiger partial charge < -0.3 is 4.74 Å². The Bertz CT molecular complexity index is 1240. The predicted octanol–water partition coefficient (Wildman–Crippen LogP) is 6.03. The number of aryl methyl sites for hydroxylation is 1. The van der Waals surface area contributed by atoms with Crippen molar-refractivity contribution in [2.75, 3.05) is 6.61 Å². The van der Waals surface area contributed by atoms with E-state index in [9.17, 15) is 0 Å². The number of ether oxygens (including phenoxy) is 1. The van der Waals surface area contributed by atoms with Gasteiger partial charge >= 0.3 is 0 Å². The van der Waals surface area contributed by atoms with Gasteiger partial charge in [0.1, 0.15) is 5.75 Å². The van der Waals surface area contributed by atoms with Crippen molar-refractivity contribution in [3.63, 3.8) is 0 Å². The van der Waals surface area contributed by atoms with Crippen molar-refractivity contribution in [1.82, 2.24) is 20.2 Å². The second-order valence-electron chi connectivity index (χ2n) is 8.46. The lowest BCUT2D eigenvalue weighted by Gasteiger charge is -2.36. The fraction of sp³-hybridized carbons (Fsp3) is 0.167. The number of hydrogen-bond donors (Lipinski definition) is 0. The highest BCUT2D eigenvalue weighted by atomic mass is 16.5. The van der Waals surface area contributed by atoms with Crippen LogP contribution in [-0.4, -0.2) is 26.8 Å². The summed E-state index contributed by atoms with van der Waals surface area (Å²) in [5, 5.41) is 12.0. The number of hydrogen-bond acceptors (Lipinski definition) is 4. The number of aromatic nitrogens is 4. The molecule has 0 aliphatic rings. The highest BCUT2D eigenvalue weighted by molar-refractivity contribution is 5.50. The van der Waals surface area contributed by atoms with Gasteiger partial charge in [0.2, 0.25) is 0 Å². The Kier molecular flexibility index (Phi) is 6.66. The van der Waals surface area contributed by atoms with Crippen LogP contribution >= 0.6 is 0 Å². The highest BCUT2D eigenvalue weighted by Gasteiger charge is 2.36. The number of nitrogens with zero attached hydrogens (tertiary/aromatic N) is 4. The minimum atomic E-state index is -0.327. The molecule has 0 unspecified atom stereocenters. The molecule has 1 heterocycles. The summed E-state index contributed by atoms with van der Waals surface area (Å²) in [7, 11) is 0. The second-order valence-corrected chi connectivity index (χ2v) is 8.46. The van der Waals surface area contributed by atoms with Crippen LogP contribution in [0.25, 0.3) is 5.69 Å². The van der Waals surface area contributed by atoms with Crippen LogP contribution in [-0.2, 0) is 11.8 Å². The zero-order valence-corrected chi connectivity index (χ0v) is 19.8. The van der Waals surface area contributed by atoms with Gasteiger partial charge in [-0.05, 0) is 57.8 Å². The van der Waals surface area contributed by atoms with E-state index in [1.54, 1.807) is 4.68 Å². The minimum absolute atomic E-state index is 0.327. The molecule has 0 aliphatic heterocycles. The van der Waals surface area contributed by atoms with Crippen LogP contribution in [0.2, 0.25) is 0 Å². The van der Waals surface area contributed by atoms with Crippen molar-refractivity contribution in [3.8, 4) is 11.4 Å². The van der Waals surface area contributed by atoms with Crippen LogP contribution in [0.1, 0.15) is 35.9 Å². The predicted molar refractivity (Wildman–Crippen MR) is 138 cm³/mol. The fourth-order valence-corrected chi connectivity index (χ4v) is 4.73. The van der Waals surface area contributed by atoms with Crippen LogP contribution in [0.15, 0.2) is 115 Å². The largest absolute Gasteiger partial charge is 0.494 e. The van der Waals surface area contributed by atoms with Gasteiger partial charge in [-0.25, -0.2) is 0 Å². The summed E-state index contributed by atoms with van der Waals surface area (Å²) < 4.78 is 8.05. The van der Waals surface area contributed by atoms with Gasteiger partial charge in [0.15, 0.2) is 5.82 Å². The summed E-state index contributed by atoms with van der Waals surface area (Å²) in [6.45, 7) is 2.60. The second kappa shape index (κ2) is 10.3. The first-order chi connectivity index (χ1) is 17.3. The molecular weight excluding hydrogens is 432 g/mol. The van der Waals surface area contributed by atoms with Crippen LogP contribution in [0.3, 0.4) is 0 Å². The Hall–Kier alpha value is -4.25. The van der Waals surface area contributed by atoms with E-state index in [1.165, 1.54) is 16.7 Å². The number of rotatable bonds is 9. The van der Waals surface area contributed by atoms with Gasteiger partial charge in [0, 0.05) is 11.8 Å². The maximum absolute atomic E-state index is 6.29. The van der Waals surface area contributed by atoms with Crippen LogP contribution < -0.4 is 4.74 Å². The standard InChI is InChI=1S/C30H28N4O/c1-2-29-31-32-33-34(29)27-18-20-28(21-19-27)35-23-22-30(24-12-6-3-7-13-24,25-14-8-4-9-15-25)26-16-10-5-11-17-26/h3-21H,2,22-23H2,1H3. The van der Waals surface area contributed by atoms with E-state index in [4.69, 9.17) is 4.74 Å². The van der Waals surface area contributed by atoms with Gasteiger partial charge in [-0.3, -0.25) is 0 Å². The molecule has 0 radical (unpaired) electrons. The zero-order valence-electron chi connectivity index (χ0n) is 19.8. The molecule has 5 heteroatoms. The Morgan fingerprint density at radius 2 is 1.20 bits per heavy atom. The lowest BCUT2D eigenvalue weighted by atomic mass is 9.67. The number of tetrazole rings is 1. The van der Waals surface area contributed by atoms with E-state index in [0.717, 1.165) is 30.1 Å². The molecule has 0 atom stereocenters. The van der Waals surface area contributed by atoms with Crippen LogP contribution in [0, 0.1) is 0 Å². The van der Waals surface area contributed by atoms with Crippen molar-refractivity contribution in [3.05, 3.63) is 138 Å². The molecule has 0 aliphatic carbocycles. The molecule has 5 rings (SSSR count). The third-order valence-corrected chi connectivity index (χ3v) is 6.48. The molecule has 5 nitrogen and oxygen atoms in total. The normalized spacial score (nSPS) is 11.3. The SMILES string of the molecule is CCc1nnnn1-c1ccc(OCCC(c2ccccc2)(c2ccccc2)c2ccccc2)cc1. The van der Waals surface area contributed by atoms with Gasteiger partial charge in [0.25, 0.3) is 0 Å². The van der Waals surface area contributed by atoms with Gasteiger partial charge in [-0.1, -0.05) is 97.9 Å². The highest BCUT2D eigenvalue weighted by Crippen LogP contribution is 2.42. The first-order valence-electron chi connectivity index (χ1n) is 12.0. The van der Waals surface area contributed by atoms with Crippen LogP contribution in [0.4, 0.5) is 0 Å². The smallest absolute Gasteiger partial charge is 0.156 e. The van der Waals surface area contributed by atoms with E-state index in [-0.39, 0.29) is 5.41 Å². The van der Waals surface area contributed by atoms with Crippen LogP contribution in [0.5, 0.6) is 5.75 Å². The molecule has 4 aromatic carbocycles. The van der Waals surface area contributed by atoms with Crippen molar-refractivity contribution in [2.45, 2.75) is 25.2 Å². The lowest BCUT2D eigenvalue weighted by Crippen LogP contribution is -2.31. The lowest BCUT2D eigenvalue weighted by molar-refractivity contribution is 0.286. The molecule has 0 fully saturated rings. The molecule has 0 spiro atoms. The molecule has 0 saturated heterocycles. The maximum Gasteiger partial charge on any atom is 0.156 e. The fourth-order valence-electron chi connectivity index (χ4n) is 4.73. The van der Waals surface area contributed by atoms with Gasteiger partial charge in [-0.15, -0.1) is 5.10 Å². The van der Waals surface area contributed by atoms with E-state index < -0.39 is 0 Å². The molecule has 35 heavy (non-hydrogen) atoms. The quantitative estimate of drug-likeness (QED) is 0.252. The average Bonchev–Trinajstić information content (AvgIpc) is 3.42. The summed E-state index contributed by atoms with van der Waals surface area (Å²) >= 11 is 0. The molecule has 0 N–H and O–H groups in total. The Morgan fingerprint density at radius 3 is 1.69 bits per heavy atom. The topological polar surface area (TPSA) is 52.8 Å². The molecule has 0 amide bonds. The Labute approximate surface area is 206 Å².